The van der Waals surface area contributed by atoms with Gasteiger partial charge in [-0.05, 0) is 12.1 Å². The van der Waals surface area contributed by atoms with Crippen LogP contribution < -0.4 is 5.32 Å². The van der Waals surface area contributed by atoms with Crippen molar-refractivity contribution in [2.75, 3.05) is 6.54 Å². The van der Waals surface area contributed by atoms with Crippen LogP contribution in [0.5, 0.6) is 0 Å². The molecule has 0 unspecified atom stereocenters. The summed E-state index contributed by atoms with van der Waals surface area (Å²) in [7, 11) is 0. The van der Waals surface area contributed by atoms with Crippen molar-refractivity contribution in [2.45, 2.75) is 6.92 Å². The highest BCUT2D eigenvalue weighted by atomic mass is 35.5. The monoisotopic (exact) mass is 243 g/mol. The van der Waals surface area contributed by atoms with Crippen molar-refractivity contribution >= 4 is 35.2 Å². The number of benzene rings is 1. The quantitative estimate of drug-likeness (QED) is 0.869. The van der Waals surface area contributed by atoms with Gasteiger partial charge in [0.1, 0.15) is 0 Å². The van der Waals surface area contributed by atoms with Crippen LogP contribution in [0.2, 0.25) is 10.0 Å². The molecule has 4 heteroatoms. The third kappa shape index (κ3) is 3.94. The van der Waals surface area contributed by atoms with E-state index in [9.17, 15) is 4.79 Å². The summed E-state index contributed by atoms with van der Waals surface area (Å²) in [5.41, 5.74) is 0.770. The number of nitrogens with one attached hydrogen (secondary N) is 1. The standard InChI is InChI=1S/C11H11Cl2NO/c1-8(15)14-7-3-4-9-10(12)5-2-6-11(9)13/h2-6H,7H2,1H3,(H,14,15). The maximum absolute atomic E-state index is 10.6. The first-order chi connectivity index (χ1) is 7.11. The molecule has 0 fully saturated rings. The van der Waals surface area contributed by atoms with E-state index in [1.807, 2.05) is 0 Å². The summed E-state index contributed by atoms with van der Waals surface area (Å²) in [5, 5.41) is 3.84. The zero-order valence-corrected chi connectivity index (χ0v) is 9.77. The smallest absolute Gasteiger partial charge is 0.217 e. The lowest BCUT2D eigenvalue weighted by Crippen LogP contribution is -2.19. The molecule has 0 saturated heterocycles. The van der Waals surface area contributed by atoms with Gasteiger partial charge in [0.15, 0.2) is 0 Å². The minimum atomic E-state index is -0.0649. The Morgan fingerprint density at radius 2 is 2.00 bits per heavy atom. The molecule has 0 heterocycles. The molecule has 0 radical (unpaired) electrons. The van der Waals surface area contributed by atoms with E-state index in [1.54, 1.807) is 30.4 Å². The van der Waals surface area contributed by atoms with Crippen molar-refractivity contribution in [1.29, 1.82) is 0 Å². The van der Waals surface area contributed by atoms with E-state index in [1.165, 1.54) is 6.92 Å². The molecule has 80 valence electrons. The Balaban J connectivity index is 2.67. The third-order valence-electron chi connectivity index (χ3n) is 1.75. The Kier molecular flexibility index (Phi) is 4.66. The first kappa shape index (κ1) is 12.1. The number of halogens is 2. The van der Waals surface area contributed by atoms with Crippen molar-refractivity contribution in [3.63, 3.8) is 0 Å². The zero-order chi connectivity index (χ0) is 11.3. The van der Waals surface area contributed by atoms with Gasteiger partial charge in [-0.1, -0.05) is 41.4 Å². The van der Waals surface area contributed by atoms with E-state index < -0.39 is 0 Å². The van der Waals surface area contributed by atoms with Gasteiger partial charge < -0.3 is 5.32 Å². The van der Waals surface area contributed by atoms with Gasteiger partial charge in [-0.2, -0.15) is 0 Å². The van der Waals surface area contributed by atoms with Crippen molar-refractivity contribution in [3.8, 4) is 0 Å². The van der Waals surface area contributed by atoms with Gasteiger partial charge in [0.25, 0.3) is 0 Å². The van der Waals surface area contributed by atoms with Gasteiger partial charge in [-0.15, -0.1) is 0 Å². The number of hydrogen-bond acceptors (Lipinski definition) is 1. The van der Waals surface area contributed by atoms with Crippen LogP contribution in [0.25, 0.3) is 6.08 Å². The number of amides is 1. The van der Waals surface area contributed by atoms with Crippen molar-refractivity contribution in [3.05, 3.63) is 39.9 Å². The lowest BCUT2D eigenvalue weighted by molar-refractivity contribution is -0.118. The second kappa shape index (κ2) is 5.79. The number of rotatable bonds is 3. The molecule has 0 aliphatic carbocycles. The summed E-state index contributed by atoms with van der Waals surface area (Å²) < 4.78 is 0. The molecule has 2 nitrogen and oxygen atoms in total. The van der Waals surface area contributed by atoms with Crippen molar-refractivity contribution < 1.29 is 4.79 Å². The Bertz CT molecular complexity index is 368. The maximum Gasteiger partial charge on any atom is 0.217 e. The summed E-state index contributed by atoms with van der Waals surface area (Å²) in [6.45, 7) is 1.94. The molecule has 1 aromatic carbocycles. The van der Waals surface area contributed by atoms with Gasteiger partial charge >= 0.3 is 0 Å². The van der Waals surface area contributed by atoms with Crippen LogP contribution in [0.3, 0.4) is 0 Å². The van der Waals surface area contributed by atoms with Crippen LogP contribution in [0.15, 0.2) is 24.3 Å². The average Bonchev–Trinajstić information content (AvgIpc) is 2.15. The Labute approximate surface area is 98.9 Å². The highest BCUT2D eigenvalue weighted by molar-refractivity contribution is 6.37. The van der Waals surface area contributed by atoms with Gasteiger partial charge in [0.2, 0.25) is 5.91 Å². The number of carbonyl (C=O) groups excluding carboxylic acids is 1. The Hall–Kier alpha value is -0.990. The van der Waals surface area contributed by atoms with E-state index >= 15 is 0 Å². The minimum absolute atomic E-state index is 0.0649. The van der Waals surface area contributed by atoms with Gasteiger partial charge in [-0.25, -0.2) is 0 Å². The molecule has 0 aliphatic heterocycles. The van der Waals surface area contributed by atoms with Crippen molar-refractivity contribution in [2.24, 2.45) is 0 Å². The van der Waals surface area contributed by atoms with Crippen LogP contribution in [-0.4, -0.2) is 12.5 Å². The molecule has 1 rings (SSSR count). The molecule has 0 aliphatic rings. The van der Waals surface area contributed by atoms with E-state index in [4.69, 9.17) is 23.2 Å². The van der Waals surface area contributed by atoms with Crippen LogP contribution in [0, 0.1) is 0 Å². The molecule has 0 saturated carbocycles. The molecule has 15 heavy (non-hydrogen) atoms. The maximum atomic E-state index is 10.6. The summed E-state index contributed by atoms with van der Waals surface area (Å²) in [5.74, 6) is -0.0649. The lowest BCUT2D eigenvalue weighted by Gasteiger charge is -2.01. The summed E-state index contributed by atoms with van der Waals surface area (Å²) in [6.07, 6.45) is 3.59. The van der Waals surface area contributed by atoms with Gasteiger partial charge in [-0.3, -0.25) is 4.79 Å². The molecular formula is C11H11Cl2NO. The number of hydrogen-bond donors (Lipinski definition) is 1. The fourth-order valence-corrected chi connectivity index (χ4v) is 1.57. The van der Waals surface area contributed by atoms with Gasteiger partial charge in [0, 0.05) is 29.1 Å². The Morgan fingerprint density at radius 1 is 1.40 bits per heavy atom. The van der Waals surface area contributed by atoms with Crippen LogP contribution in [-0.2, 0) is 4.79 Å². The zero-order valence-electron chi connectivity index (χ0n) is 8.26. The molecule has 1 N–H and O–H groups in total. The van der Waals surface area contributed by atoms with E-state index in [0.29, 0.717) is 16.6 Å². The van der Waals surface area contributed by atoms with Crippen LogP contribution in [0.1, 0.15) is 12.5 Å². The molecule has 1 aromatic rings. The van der Waals surface area contributed by atoms with E-state index in [0.717, 1.165) is 5.56 Å². The average molecular weight is 244 g/mol. The molecule has 0 spiro atoms. The molecule has 0 aromatic heterocycles. The van der Waals surface area contributed by atoms with Gasteiger partial charge in [0.05, 0.1) is 0 Å². The first-order valence-corrected chi connectivity index (χ1v) is 5.22. The SMILES string of the molecule is CC(=O)NCC=Cc1c(Cl)cccc1Cl. The largest absolute Gasteiger partial charge is 0.353 e. The van der Waals surface area contributed by atoms with Crippen LogP contribution in [0.4, 0.5) is 0 Å². The molecule has 0 bridgehead atoms. The predicted octanol–water partition coefficient (Wildman–Crippen LogP) is 3.14. The lowest BCUT2D eigenvalue weighted by atomic mass is 10.2. The highest BCUT2D eigenvalue weighted by Gasteiger charge is 2.00. The second-order valence-corrected chi connectivity index (χ2v) is 3.79. The molecular weight excluding hydrogens is 233 g/mol. The second-order valence-electron chi connectivity index (χ2n) is 2.97. The fourth-order valence-electron chi connectivity index (χ4n) is 1.05. The van der Waals surface area contributed by atoms with E-state index in [-0.39, 0.29) is 5.91 Å². The van der Waals surface area contributed by atoms with Crippen LogP contribution >= 0.6 is 23.2 Å². The van der Waals surface area contributed by atoms with E-state index in [2.05, 4.69) is 5.32 Å². The third-order valence-corrected chi connectivity index (χ3v) is 2.41. The Morgan fingerprint density at radius 3 is 2.53 bits per heavy atom. The first-order valence-electron chi connectivity index (χ1n) is 4.46. The molecule has 1 amide bonds. The summed E-state index contributed by atoms with van der Waals surface area (Å²) in [4.78, 5) is 10.6. The normalized spacial score (nSPS) is 10.6. The highest BCUT2D eigenvalue weighted by Crippen LogP contribution is 2.25. The molecule has 0 atom stereocenters. The number of carbonyl (C=O) groups is 1. The minimum Gasteiger partial charge on any atom is -0.353 e. The summed E-state index contributed by atoms with van der Waals surface area (Å²) >= 11 is 11.9. The predicted molar refractivity (Wildman–Crippen MR) is 64.2 cm³/mol. The topological polar surface area (TPSA) is 29.1 Å². The van der Waals surface area contributed by atoms with Crippen molar-refractivity contribution in [1.82, 2.24) is 5.32 Å². The fraction of sp³-hybridized carbons (Fsp3) is 0.182. The summed E-state index contributed by atoms with van der Waals surface area (Å²) in [6, 6.07) is 5.33.